The minimum absolute atomic E-state index is 0.0253. The van der Waals surface area contributed by atoms with Crippen LogP contribution in [0.5, 0.6) is 0 Å². The Bertz CT molecular complexity index is 252. The Morgan fingerprint density at radius 1 is 1.53 bits per heavy atom. The van der Waals surface area contributed by atoms with E-state index in [1.54, 1.807) is 6.92 Å². The van der Waals surface area contributed by atoms with Crippen molar-refractivity contribution >= 4 is 16.8 Å². The molecule has 1 saturated carbocycles. The zero-order valence-corrected chi connectivity index (χ0v) is 10.3. The molecule has 4 unspecified atom stereocenters. The molecule has 1 aliphatic carbocycles. The van der Waals surface area contributed by atoms with Crippen molar-refractivity contribution in [1.82, 2.24) is 0 Å². The first-order valence-corrected chi connectivity index (χ1v) is 6.89. The molecule has 3 nitrogen and oxygen atoms in total. The van der Waals surface area contributed by atoms with E-state index < -0.39 is 16.8 Å². The lowest BCUT2D eigenvalue weighted by atomic mass is 9.91. The topological polar surface area (TPSA) is 54.4 Å². The smallest absolute Gasteiger partial charge is 0.304 e. The second kappa shape index (κ2) is 5.64. The summed E-state index contributed by atoms with van der Waals surface area (Å²) in [6.45, 7) is 3.97. The summed E-state index contributed by atoms with van der Waals surface area (Å²) in [5.41, 5.74) is 0. The third kappa shape index (κ3) is 3.93. The maximum absolute atomic E-state index is 12.0. The third-order valence-electron chi connectivity index (χ3n) is 3.08. The second-order valence-corrected chi connectivity index (χ2v) is 6.76. The first kappa shape index (κ1) is 12.7. The van der Waals surface area contributed by atoms with Gasteiger partial charge >= 0.3 is 5.97 Å². The van der Waals surface area contributed by atoms with E-state index in [2.05, 4.69) is 6.92 Å². The predicted octanol–water partition coefficient (Wildman–Crippen LogP) is 2.18. The van der Waals surface area contributed by atoms with E-state index in [4.69, 9.17) is 5.11 Å². The van der Waals surface area contributed by atoms with Gasteiger partial charge in [0.25, 0.3) is 0 Å². The van der Waals surface area contributed by atoms with Crippen LogP contribution in [0, 0.1) is 5.92 Å². The first-order chi connectivity index (χ1) is 7.00. The number of aliphatic carboxylic acids is 1. The van der Waals surface area contributed by atoms with Crippen molar-refractivity contribution in [2.45, 2.75) is 56.5 Å². The van der Waals surface area contributed by atoms with Crippen molar-refractivity contribution < 1.29 is 14.1 Å². The average Bonchev–Trinajstić information content (AvgIpc) is 2.15. The van der Waals surface area contributed by atoms with Crippen LogP contribution in [-0.2, 0) is 15.6 Å². The van der Waals surface area contributed by atoms with Gasteiger partial charge in [0, 0.05) is 21.3 Å². The van der Waals surface area contributed by atoms with Crippen molar-refractivity contribution in [3.05, 3.63) is 0 Å². The quantitative estimate of drug-likeness (QED) is 0.808. The molecule has 0 bridgehead atoms. The molecule has 1 aliphatic rings. The van der Waals surface area contributed by atoms with Gasteiger partial charge < -0.3 is 5.11 Å². The molecule has 0 aromatic heterocycles. The van der Waals surface area contributed by atoms with Gasteiger partial charge in [-0.05, 0) is 18.8 Å². The molecule has 0 saturated heterocycles. The van der Waals surface area contributed by atoms with E-state index in [-0.39, 0.29) is 16.9 Å². The maximum atomic E-state index is 12.0. The van der Waals surface area contributed by atoms with Crippen molar-refractivity contribution in [2.75, 3.05) is 0 Å². The van der Waals surface area contributed by atoms with Gasteiger partial charge in [0.1, 0.15) is 0 Å². The van der Waals surface area contributed by atoms with Crippen LogP contribution in [0.1, 0.15) is 46.0 Å². The molecule has 1 rings (SSSR count). The Hall–Kier alpha value is -0.380. The number of hydrogen-bond donors (Lipinski definition) is 1. The molecule has 0 radical (unpaired) electrons. The molecule has 4 heteroatoms. The molecule has 15 heavy (non-hydrogen) atoms. The largest absolute Gasteiger partial charge is 0.481 e. The van der Waals surface area contributed by atoms with Crippen LogP contribution >= 0.6 is 0 Å². The van der Waals surface area contributed by atoms with Gasteiger partial charge in [-0.25, -0.2) is 0 Å². The predicted molar refractivity (Wildman–Crippen MR) is 61.3 cm³/mol. The van der Waals surface area contributed by atoms with Gasteiger partial charge in [-0.15, -0.1) is 0 Å². The number of hydrogen-bond acceptors (Lipinski definition) is 2. The van der Waals surface area contributed by atoms with Crippen molar-refractivity contribution in [2.24, 2.45) is 5.92 Å². The van der Waals surface area contributed by atoms with Crippen LogP contribution in [0.2, 0.25) is 0 Å². The Morgan fingerprint density at radius 3 is 2.73 bits per heavy atom. The van der Waals surface area contributed by atoms with E-state index in [0.29, 0.717) is 5.92 Å². The molecule has 0 heterocycles. The second-order valence-electron chi connectivity index (χ2n) is 4.63. The number of rotatable bonds is 4. The Balaban J connectivity index is 2.47. The van der Waals surface area contributed by atoms with Crippen LogP contribution in [0.15, 0.2) is 0 Å². The van der Waals surface area contributed by atoms with Crippen molar-refractivity contribution in [3.63, 3.8) is 0 Å². The SMILES string of the molecule is CC1CCCC(S(=O)C(C)CC(=O)O)C1. The van der Waals surface area contributed by atoms with E-state index >= 15 is 0 Å². The first-order valence-electron chi connectivity index (χ1n) is 5.62. The summed E-state index contributed by atoms with van der Waals surface area (Å²) in [5, 5.41) is 8.66. The van der Waals surface area contributed by atoms with Gasteiger partial charge in [0.05, 0.1) is 6.42 Å². The lowest BCUT2D eigenvalue weighted by Gasteiger charge is -2.27. The summed E-state index contributed by atoms with van der Waals surface area (Å²) in [6.07, 6.45) is 4.38. The number of carbonyl (C=O) groups is 1. The molecule has 4 atom stereocenters. The minimum atomic E-state index is -0.973. The highest BCUT2D eigenvalue weighted by molar-refractivity contribution is 7.86. The Labute approximate surface area is 93.7 Å². The molecule has 88 valence electrons. The molecule has 0 spiro atoms. The normalized spacial score (nSPS) is 30.8. The molecular weight excluding hydrogens is 212 g/mol. The van der Waals surface area contributed by atoms with Crippen LogP contribution in [-0.4, -0.2) is 25.8 Å². The standard InChI is InChI=1S/C11H20O3S/c1-8-4-3-5-10(6-8)15(14)9(2)7-11(12)13/h8-10H,3-7H2,1-2H3,(H,12,13). The summed E-state index contributed by atoms with van der Waals surface area (Å²) in [6, 6.07) is 0. The lowest BCUT2D eigenvalue weighted by Crippen LogP contribution is -2.30. The molecule has 0 aliphatic heterocycles. The highest BCUT2D eigenvalue weighted by Gasteiger charge is 2.27. The van der Waals surface area contributed by atoms with Crippen molar-refractivity contribution in [1.29, 1.82) is 0 Å². The maximum Gasteiger partial charge on any atom is 0.304 e. The van der Waals surface area contributed by atoms with E-state index in [1.807, 2.05) is 0 Å². The van der Waals surface area contributed by atoms with Crippen LogP contribution in [0.3, 0.4) is 0 Å². The molecule has 0 amide bonds. The molecule has 0 aromatic rings. The Morgan fingerprint density at radius 2 is 2.20 bits per heavy atom. The fourth-order valence-corrected chi connectivity index (χ4v) is 4.13. The summed E-state index contributed by atoms with van der Waals surface area (Å²) in [7, 11) is -0.973. The highest BCUT2D eigenvalue weighted by atomic mass is 32.2. The zero-order chi connectivity index (χ0) is 11.4. The zero-order valence-electron chi connectivity index (χ0n) is 9.44. The summed E-state index contributed by atoms with van der Waals surface area (Å²) >= 11 is 0. The summed E-state index contributed by atoms with van der Waals surface area (Å²) < 4.78 is 12.0. The molecule has 0 aromatic carbocycles. The molecule has 1 fully saturated rings. The highest BCUT2D eigenvalue weighted by Crippen LogP contribution is 2.28. The molecule has 1 N–H and O–H groups in total. The lowest BCUT2D eigenvalue weighted by molar-refractivity contribution is -0.136. The van der Waals surface area contributed by atoms with Crippen LogP contribution in [0.4, 0.5) is 0 Å². The molecular formula is C11H20O3S. The monoisotopic (exact) mass is 232 g/mol. The Kier molecular flexibility index (Phi) is 4.77. The average molecular weight is 232 g/mol. The number of carboxylic acid groups (broad SMARTS) is 1. The van der Waals surface area contributed by atoms with E-state index in [1.165, 1.54) is 6.42 Å². The number of carboxylic acids is 1. The van der Waals surface area contributed by atoms with Gasteiger partial charge in [-0.2, -0.15) is 0 Å². The van der Waals surface area contributed by atoms with Crippen molar-refractivity contribution in [3.8, 4) is 0 Å². The van der Waals surface area contributed by atoms with Gasteiger partial charge in [0.15, 0.2) is 0 Å². The summed E-state index contributed by atoms with van der Waals surface area (Å²) in [4.78, 5) is 10.5. The van der Waals surface area contributed by atoms with E-state index in [9.17, 15) is 9.00 Å². The fourth-order valence-electron chi connectivity index (χ4n) is 2.25. The van der Waals surface area contributed by atoms with Gasteiger partial charge in [-0.3, -0.25) is 9.00 Å². The van der Waals surface area contributed by atoms with Crippen LogP contribution < -0.4 is 0 Å². The van der Waals surface area contributed by atoms with Crippen LogP contribution in [0.25, 0.3) is 0 Å². The van der Waals surface area contributed by atoms with Gasteiger partial charge in [-0.1, -0.05) is 26.7 Å². The van der Waals surface area contributed by atoms with Gasteiger partial charge in [0.2, 0.25) is 0 Å². The summed E-state index contributed by atoms with van der Waals surface area (Å²) in [5.74, 6) is -0.204. The minimum Gasteiger partial charge on any atom is -0.481 e. The fraction of sp³-hybridized carbons (Fsp3) is 0.909. The third-order valence-corrected chi connectivity index (χ3v) is 5.12. The van der Waals surface area contributed by atoms with E-state index in [0.717, 1.165) is 19.3 Å².